The lowest BCUT2D eigenvalue weighted by Gasteiger charge is -2.15. The van der Waals surface area contributed by atoms with Gasteiger partial charge in [-0.3, -0.25) is 4.99 Å². The average molecular weight is 391 g/mol. The number of primary sulfonamides is 1. The summed E-state index contributed by atoms with van der Waals surface area (Å²) in [5.41, 5.74) is 3.10. The van der Waals surface area contributed by atoms with Gasteiger partial charge in [0.1, 0.15) is 5.75 Å². The first-order chi connectivity index (χ1) is 12.8. The van der Waals surface area contributed by atoms with Gasteiger partial charge in [-0.2, -0.15) is 0 Å². The minimum Gasteiger partial charge on any atom is -0.494 e. The second-order valence-corrected chi connectivity index (χ2v) is 7.57. The monoisotopic (exact) mass is 390 g/mol. The van der Waals surface area contributed by atoms with E-state index in [0.717, 1.165) is 22.4 Å². The third-order valence-electron chi connectivity index (χ3n) is 3.90. The highest BCUT2D eigenvalue weighted by molar-refractivity contribution is 7.89. The molecule has 0 saturated carbocycles. The molecular weight excluding hydrogens is 364 g/mol. The van der Waals surface area contributed by atoms with Crippen molar-refractivity contribution in [1.82, 2.24) is 10.6 Å². The number of benzene rings is 2. The molecule has 0 aromatic heterocycles. The number of hydrogen-bond acceptors (Lipinski definition) is 4. The molecule has 7 nitrogen and oxygen atoms in total. The Morgan fingerprint density at radius 1 is 1.11 bits per heavy atom. The average Bonchev–Trinajstić information content (AvgIpc) is 2.63. The zero-order chi connectivity index (χ0) is 19.9. The Hall–Kier alpha value is -2.58. The van der Waals surface area contributed by atoms with Crippen molar-refractivity contribution in [3.63, 3.8) is 0 Å². The maximum atomic E-state index is 11.3. The van der Waals surface area contributed by atoms with Gasteiger partial charge in [0.2, 0.25) is 10.0 Å². The molecule has 0 fully saturated rings. The first-order valence-corrected chi connectivity index (χ1v) is 10.2. The topological polar surface area (TPSA) is 106 Å². The lowest BCUT2D eigenvalue weighted by atomic mass is 10.1. The van der Waals surface area contributed by atoms with E-state index in [1.165, 1.54) is 12.1 Å². The van der Waals surface area contributed by atoms with Gasteiger partial charge >= 0.3 is 0 Å². The summed E-state index contributed by atoms with van der Waals surface area (Å²) in [7, 11) is -1.98. The van der Waals surface area contributed by atoms with Crippen LogP contribution in [0.15, 0.2) is 52.4 Å². The maximum absolute atomic E-state index is 11.3. The normalized spacial score (nSPS) is 11.9. The van der Waals surface area contributed by atoms with Crippen LogP contribution < -0.4 is 20.5 Å². The van der Waals surface area contributed by atoms with E-state index in [-0.39, 0.29) is 4.90 Å². The van der Waals surface area contributed by atoms with Crippen LogP contribution in [0, 0.1) is 6.92 Å². The summed E-state index contributed by atoms with van der Waals surface area (Å²) >= 11 is 0. The highest BCUT2D eigenvalue weighted by atomic mass is 32.2. The maximum Gasteiger partial charge on any atom is 0.238 e. The molecule has 8 heteroatoms. The van der Waals surface area contributed by atoms with Crippen molar-refractivity contribution in [2.45, 2.75) is 31.8 Å². The van der Waals surface area contributed by atoms with Gasteiger partial charge in [0, 0.05) is 25.7 Å². The van der Waals surface area contributed by atoms with Crippen LogP contribution in [0.1, 0.15) is 23.6 Å². The van der Waals surface area contributed by atoms with Crippen LogP contribution in [-0.2, 0) is 23.1 Å². The van der Waals surface area contributed by atoms with Crippen molar-refractivity contribution < 1.29 is 13.2 Å². The molecule has 0 saturated heterocycles. The Balaban J connectivity index is 1.95. The zero-order valence-corrected chi connectivity index (χ0v) is 16.6. The minimum absolute atomic E-state index is 0.0941. The fourth-order valence-corrected chi connectivity index (χ4v) is 3.00. The molecule has 0 bridgehead atoms. The Labute approximate surface area is 160 Å². The van der Waals surface area contributed by atoms with Crippen molar-refractivity contribution >= 4 is 16.0 Å². The molecule has 2 rings (SSSR count). The summed E-state index contributed by atoms with van der Waals surface area (Å²) in [4.78, 5) is 4.30. The van der Waals surface area contributed by atoms with Crippen molar-refractivity contribution in [2.75, 3.05) is 13.7 Å². The van der Waals surface area contributed by atoms with Gasteiger partial charge in [0.15, 0.2) is 5.96 Å². The highest BCUT2D eigenvalue weighted by Crippen LogP contribution is 2.20. The summed E-state index contributed by atoms with van der Waals surface area (Å²) in [6, 6.07) is 12.5. The molecular formula is C19H26N4O3S. The van der Waals surface area contributed by atoms with Gasteiger partial charge in [-0.1, -0.05) is 24.3 Å². The second kappa shape index (κ2) is 9.38. The molecule has 0 heterocycles. The second-order valence-electron chi connectivity index (χ2n) is 6.01. The third-order valence-corrected chi connectivity index (χ3v) is 4.83. The van der Waals surface area contributed by atoms with Gasteiger partial charge in [-0.15, -0.1) is 0 Å². The van der Waals surface area contributed by atoms with E-state index in [1.807, 2.05) is 32.0 Å². The summed E-state index contributed by atoms with van der Waals surface area (Å²) in [6.45, 7) is 5.66. The fraction of sp³-hybridized carbons (Fsp3) is 0.316. The van der Waals surface area contributed by atoms with Gasteiger partial charge in [-0.05, 0) is 43.2 Å². The molecule has 0 radical (unpaired) electrons. The van der Waals surface area contributed by atoms with Crippen molar-refractivity contribution in [1.29, 1.82) is 0 Å². The van der Waals surface area contributed by atoms with Crippen molar-refractivity contribution in [2.24, 2.45) is 10.1 Å². The van der Waals surface area contributed by atoms with Crippen LogP contribution in [0.25, 0.3) is 0 Å². The lowest BCUT2D eigenvalue weighted by Crippen LogP contribution is -2.36. The molecule has 27 heavy (non-hydrogen) atoms. The highest BCUT2D eigenvalue weighted by Gasteiger charge is 2.08. The number of nitrogens with one attached hydrogen (secondary N) is 2. The third kappa shape index (κ3) is 6.26. The van der Waals surface area contributed by atoms with E-state index in [0.29, 0.717) is 25.7 Å². The molecule has 0 aliphatic carbocycles. The summed E-state index contributed by atoms with van der Waals surface area (Å²) < 4.78 is 28.3. The Bertz CT molecular complexity index is 894. The Morgan fingerprint density at radius 2 is 1.78 bits per heavy atom. The number of sulfonamides is 1. The van der Waals surface area contributed by atoms with Gasteiger partial charge in [0.05, 0.1) is 11.5 Å². The van der Waals surface area contributed by atoms with Crippen LogP contribution in [0.4, 0.5) is 0 Å². The molecule has 146 valence electrons. The number of nitrogens with two attached hydrogens (primary N) is 1. The quantitative estimate of drug-likeness (QED) is 0.495. The molecule has 0 aliphatic heterocycles. The number of hydrogen-bond donors (Lipinski definition) is 3. The molecule has 0 aliphatic rings. The predicted octanol–water partition coefficient (Wildman–Crippen LogP) is 1.91. The van der Waals surface area contributed by atoms with Crippen molar-refractivity contribution in [3.8, 4) is 5.75 Å². The molecule has 0 spiro atoms. The number of guanidine groups is 1. The molecule has 0 atom stereocenters. The van der Waals surface area contributed by atoms with Crippen molar-refractivity contribution in [3.05, 3.63) is 59.2 Å². The van der Waals surface area contributed by atoms with E-state index in [9.17, 15) is 8.42 Å². The number of nitrogens with zero attached hydrogens (tertiary/aromatic N) is 1. The number of aryl methyl sites for hydroxylation is 1. The first kappa shape index (κ1) is 20.7. The molecule has 0 amide bonds. The molecule has 0 unspecified atom stereocenters. The Morgan fingerprint density at radius 3 is 2.37 bits per heavy atom. The van der Waals surface area contributed by atoms with E-state index < -0.39 is 10.0 Å². The summed E-state index contributed by atoms with van der Waals surface area (Å²) in [5.74, 6) is 1.49. The van der Waals surface area contributed by atoms with Gasteiger partial charge in [-0.25, -0.2) is 13.6 Å². The lowest BCUT2D eigenvalue weighted by molar-refractivity contribution is 0.336. The van der Waals surface area contributed by atoms with E-state index in [2.05, 4.69) is 15.6 Å². The van der Waals surface area contributed by atoms with Crippen LogP contribution in [0.3, 0.4) is 0 Å². The largest absolute Gasteiger partial charge is 0.494 e. The fourth-order valence-electron chi connectivity index (χ4n) is 2.48. The number of ether oxygens (including phenoxy) is 1. The summed E-state index contributed by atoms with van der Waals surface area (Å²) in [5, 5.41) is 11.6. The number of rotatable bonds is 7. The van der Waals surface area contributed by atoms with Crippen LogP contribution >= 0.6 is 0 Å². The van der Waals surface area contributed by atoms with Gasteiger partial charge in [0.25, 0.3) is 0 Å². The Kier molecular flexibility index (Phi) is 7.20. The van der Waals surface area contributed by atoms with Crippen LogP contribution in [0.2, 0.25) is 0 Å². The smallest absolute Gasteiger partial charge is 0.238 e. The predicted molar refractivity (Wildman–Crippen MR) is 107 cm³/mol. The van der Waals surface area contributed by atoms with E-state index >= 15 is 0 Å². The van der Waals surface area contributed by atoms with Gasteiger partial charge < -0.3 is 15.4 Å². The molecule has 4 N–H and O–H groups in total. The minimum atomic E-state index is -3.68. The standard InChI is InChI=1S/C19H26N4O3S/c1-4-26-18-11-14(2)5-8-16(18)13-23-19(21-3)22-12-15-6-9-17(10-7-15)27(20,24)25/h5-11H,4,12-13H2,1-3H3,(H2,20,24,25)(H2,21,22,23). The number of aliphatic imine (C=N–C) groups is 1. The SMILES string of the molecule is CCOc1cc(C)ccc1CNC(=NC)NCc1ccc(S(N)(=O)=O)cc1. The van der Waals surface area contributed by atoms with E-state index in [4.69, 9.17) is 9.88 Å². The first-order valence-electron chi connectivity index (χ1n) is 8.62. The molecule has 2 aromatic carbocycles. The van der Waals surface area contributed by atoms with Crippen LogP contribution in [0.5, 0.6) is 5.75 Å². The van der Waals surface area contributed by atoms with E-state index in [1.54, 1.807) is 19.2 Å². The van der Waals surface area contributed by atoms with Crippen LogP contribution in [-0.4, -0.2) is 28.0 Å². The molecule has 2 aromatic rings. The summed E-state index contributed by atoms with van der Waals surface area (Å²) in [6.07, 6.45) is 0. The zero-order valence-electron chi connectivity index (χ0n) is 15.8.